The number of nitrogens with one attached hydrogen (secondary N) is 1. The standard InChI is InChI=1S/C20H22ClN3O2/c1-15-6-8-16(9-7-15)20(26)24-12-10-23(11-13-24)14-19(25)22-18-5-3-2-4-17(18)21/h2-9H,10-14H2,1H3,(H,22,25). The normalized spacial score (nSPS) is 14.9. The number of amides is 2. The summed E-state index contributed by atoms with van der Waals surface area (Å²) in [4.78, 5) is 28.6. The third-order valence-electron chi connectivity index (χ3n) is 4.47. The fraction of sp³-hybridized carbons (Fsp3) is 0.300. The van der Waals surface area contributed by atoms with Crippen molar-refractivity contribution in [1.29, 1.82) is 0 Å². The summed E-state index contributed by atoms with van der Waals surface area (Å²) in [5.41, 5.74) is 2.46. The topological polar surface area (TPSA) is 52.7 Å². The number of para-hydroxylation sites is 1. The van der Waals surface area contributed by atoms with Crippen molar-refractivity contribution in [3.8, 4) is 0 Å². The van der Waals surface area contributed by atoms with E-state index in [2.05, 4.69) is 5.32 Å². The van der Waals surface area contributed by atoms with Crippen LogP contribution in [0.3, 0.4) is 0 Å². The number of carbonyl (C=O) groups is 2. The van der Waals surface area contributed by atoms with Crippen molar-refractivity contribution in [3.05, 3.63) is 64.7 Å². The summed E-state index contributed by atoms with van der Waals surface area (Å²) < 4.78 is 0. The lowest BCUT2D eigenvalue weighted by Crippen LogP contribution is -2.50. The second kappa shape index (κ2) is 8.34. The van der Waals surface area contributed by atoms with E-state index in [1.165, 1.54) is 0 Å². The van der Waals surface area contributed by atoms with Crippen LogP contribution < -0.4 is 5.32 Å². The first-order valence-corrected chi connectivity index (χ1v) is 9.03. The maximum Gasteiger partial charge on any atom is 0.253 e. The maximum atomic E-state index is 12.5. The molecule has 1 fully saturated rings. The van der Waals surface area contributed by atoms with E-state index in [0.717, 1.165) is 5.56 Å². The molecule has 2 aromatic rings. The SMILES string of the molecule is Cc1ccc(C(=O)N2CCN(CC(=O)Nc3ccccc3Cl)CC2)cc1. The molecule has 0 saturated carbocycles. The maximum absolute atomic E-state index is 12.5. The van der Waals surface area contributed by atoms with Crippen LogP contribution in [0.4, 0.5) is 5.69 Å². The Bertz CT molecular complexity index is 784. The lowest BCUT2D eigenvalue weighted by Gasteiger charge is -2.34. The number of hydrogen-bond acceptors (Lipinski definition) is 3. The first-order valence-electron chi connectivity index (χ1n) is 8.65. The molecule has 0 atom stereocenters. The highest BCUT2D eigenvalue weighted by Gasteiger charge is 2.23. The quantitative estimate of drug-likeness (QED) is 0.898. The molecule has 26 heavy (non-hydrogen) atoms. The molecule has 136 valence electrons. The lowest BCUT2D eigenvalue weighted by molar-refractivity contribution is -0.117. The first-order chi connectivity index (χ1) is 12.5. The number of aryl methyl sites for hydroxylation is 1. The van der Waals surface area contributed by atoms with Gasteiger partial charge in [-0.1, -0.05) is 41.4 Å². The van der Waals surface area contributed by atoms with Crippen LogP contribution in [-0.4, -0.2) is 54.3 Å². The van der Waals surface area contributed by atoms with Crippen LogP contribution in [0.25, 0.3) is 0 Å². The van der Waals surface area contributed by atoms with Gasteiger partial charge in [-0.05, 0) is 31.2 Å². The Morgan fingerprint density at radius 1 is 1.00 bits per heavy atom. The molecule has 0 aliphatic carbocycles. The van der Waals surface area contributed by atoms with Crippen LogP contribution in [0.2, 0.25) is 5.02 Å². The Morgan fingerprint density at radius 2 is 1.65 bits per heavy atom. The summed E-state index contributed by atoms with van der Waals surface area (Å²) in [6.07, 6.45) is 0. The molecule has 1 aliphatic rings. The number of rotatable bonds is 4. The van der Waals surface area contributed by atoms with E-state index in [0.29, 0.717) is 42.5 Å². The average Bonchev–Trinajstić information content (AvgIpc) is 2.64. The van der Waals surface area contributed by atoms with Gasteiger partial charge < -0.3 is 10.2 Å². The van der Waals surface area contributed by atoms with E-state index in [9.17, 15) is 9.59 Å². The molecule has 1 saturated heterocycles. The highest BCUT2D eigenvalue weighted by Crippen LogP contribution is 2.20. The van der Waals surface area contributed by atoms with E-state index < -0.39 is 0 Å². The number of benzene rings is 2. The number of carbonyl (C=O) groups excluding carboxylic acids is 2. The van der Waals surface area contributed by atoms with E-state index in [4.69, 9.17) is 11.6 Å². The fourth-order valence-corrected chi connectivity index (χ4v) is 3.13. The summed E-state index contributed by atoms with van der Waals surface area (Å²) >= 11 is 6.06. The van der Waals surface area contributed by atoms with Gasteiger partial charge in [-0.2, -0.15) is 0 Å². The molecule has 0 bridgehead atoms. The van der Waals surface area contributed by atoms with E-state index >= 15 is 0 Å². The third kappa shape index (κ3) is 4.62. The third-order valence-corrected chi connectivity index (χ3v) is 4.80. The van der Waals surface area contributed by atoms with Crippen molar-refractivity contribution >= 4 is 29.1 Å². The van der Waals surface area contributed by atoms with Crippen LogP contribution in [-0.2, 0) is 4.79 Å². The zero-order chi connectivity index (χ0) is 18.5. The van der Waals surface area contributed by atoms with Crippen LogP contribution in [0, 0.1) is 6.92 Å². The molecular formula is C20H22ClN3O2. The van der Waals surface area contributed by atoms with Crippen LogP contribution in [0.1, 0.15) is 15.9 Å². The molecule has 0 unspecified atom stereocenters. The van der Waals surface area contributed by atoms with Crippen molar-refractivity contribution in [2.45, 2.75) is 6.92 Å². The average molecular weight is 372 g/mol. The Morgan fingerprint density at radius 3 is 2.31 bits per heavy atom. The summed E-state index contributed by atoms with van der Waals surface area (Å²) in [6.45, 7) is 4.87. The van der Waals surface area contributed by atoms with Gasteiger partial charge in [0.05, 0.1) is 17.3 Å². The van der Waals surface area contributed by atoms with Gasteiger partial charge >= 0.3 is 0 Å². The smallest absolute Gasteiger partial charge is 0.253 e. The summed E-state index contributed by atoms with van der Waals surface area (Å²) in [5, 5.41) is 3.35. The molecular weight excluding hydrogens is 350 g/mol. The Hall–Kier alpha value is -2.37. The van der Waals surface area contributed by atoms with Crippen molar-refractivity contribution < 1.29 is 9.59 Å². The van der Waals surface area contributed by atoms with Crippen LogP contribution in [0.5, 0.6) is 0 Å². The molecule has 1 heterocycles. The minimum absolute atomic E-state index is 0.0465. The summed E-state index contributed by atoms with van der Waals surface area (Å²) in [6, 6.07) is 14.8. The summed E-state index contributed by atoms with van der Waals surface area (Å²) in [5.74, 6) is -0.0541. The lowest BCUT2D eigenvalue weighted by atomic mass is 10.1. The zero-order valence-corrected chi connectivity index (χ0v) is 15.5. The van der Waals surface area contributed by atoms with Gasteiger partial charge in [-0.25, -0.2) is 0 Å². The highest BCUT2D eigenvalue weighted by molar-refractivity contribution is 6.33. The Kier molecular flexibility index (Phi) is 5.91. The second-order valence-corrected chi connectivity index (χ2v) is 6.87. The van der Waals surface area contributed by atoms with Crippen molar-refractivity contribution in [3.63, 3.8) is 0 Å². The van der Waals surface area contributed by atoms with Gasteiger partial charge in [0.15, 0.2) is 0 Å². The molecule has 1 N–H and O–H groups in total. The van der Waals surface area contributed by atoms with Crippen LogP contribution in [0.15, 0.2) is 48.5 Å². The molecule has 2 amide bonds. The monoisotopic (exact) mass is 371 g/mol. The molecule has 0 spiro atoms. The Balaban J connectivity index is 1.49. The van der Waals surface area contributed by atoms with Gasteiger partial charge in [0.1, 0.15) is 0 Å². The fourth-order valence-electron chi connectivity index (χ4n) is 2.94. The molecule has 1 aliphatic heterocycles. The van der Waals surface area contributed by atoms with Gasteiger partial charge in [-0.3, -0.25) is 14.5 Å². The first kappa shape index (κ1) is 18.4. The van der Waals surface area contributed by atoms with Gasteiger partial charge in [0.25, 0.3) is 5.91 Å². The molecule has 3 rings (SSSR count). The van der Waals surface area contributed by atoms with Gasteiger partial charge in [0, 0.05) is 31.7 Å². The highest BCUT2D eigenvalue weighted by atomic mass is 35.5. The van der Waals surface area contributed by atoms with Gasteiger partial charge in [0.2, 0.25) is 5.91 Å². The second-order valence-electron chi connectivity index (χ2n) is 6.46. The minimum atomic E-state index is -0.101. The van der Waals surface area contributed by atoms with E-state index in [-0.39, 0.29) is 18.4 Å². The summed E-state index contributed by atoms with van der Waals surface area (Å²) in [7, 11) is 0. The number of anilines is 1. The molecule has 6 heteroatoms. The van der Waals surface area contributed by atoms with Crippen molar-refractivity contribution in [2.75, 3.05) is 38.0 Å². The van der Waals surface area contributed by atoms with E-state index in [1.807, 2.05) is 53.1 Å². The van der Waals surface area contributed by atoms with E-state index in [1.54, 1.807) is 12.1 Å². The number of piperazine rings is 1. The predicted molar refractivity (Wildman–Crippen MR) is 104 cm³/mol. The number of nitrogens with zero attached hydrogens (tertiary/aromatic N) is 2. The molecule has 0 radical (unpaired) electrons. The van der Waals surface area contributed by atoms with Crippen molar-refractivity contribution in [2.24, 2.45) is 0 Å². The number of hydrogen-bond donors (Lipinski definition) is 1. The minimum Gasteiger partial charge on any atom is -0.336 e. The van der Waals surface area contributed by atoms with Gasteiger partial charge in [-0.15, -0.1) is 0 Å². The molecule has 5 nitrogen and oxygen atoms in total. The molecule has 0 aromatic heterocycles. The largest absolute Gasteiger partial charge is 0.336 e. The molecule has 2 aromatic carbocycles. The van der Waals surface area contributed by atoms with Crippen LogP contribution >= 0.6 is 11.6 Å². The number of halogens is 1. The van der Waals surface area contributed by atoms with Crippen molar-refractivity contribution in [1.82, 2.24) is 9.80 Å². The zero-order valence-electron chi connectivity index (χ0n) is 14.7. The Labute approximate surface area is 158 Å². The predicted octanol–water partition coefficient (Wildman–Crippen LogP) is 3.04.